The van der Waals surface area contributed by atoms with Crippen LogP contribution in [0.25, 0.3) is 11.0 Å². The molecule has 1 amide bonds. The first-order valence-corrected chi connectivity index (χ1v) is 8.99. The van der Waals surface area contributed by atoms with Crippen LogP contribution in [-0.2, 0) is 7.05 Å². The summed E-state index contributed by atoms with van der Waals surface area (Å²) in [4.78, 5) is 26.7. The molecule has 28 heavy (non-hydrogen) atoms. The molecular weight excluding hydrogens is 382 g/mol. The number of rotatable bonds is 3. The Morgan fingerprint density at radius 3 is 2.75 bits per heavy atom. The van der Waals surface area contributed by atoms with E-state index >= 15 is 0 Å². The highest BCUT2D eigenvalue weighted by Gasteiger charge is 2.23. The fourth-order valence-electron chi connectivity index (χ4n) is 3.54. The predicted octanol–water partition coefficient (Wildman–Crippen LogP) is 2.37. The molecule has 1 aromatic carbocycles. The van der Waals surface area contributed by atoms with Gasteiger partial charge in [0.1, 0.15) is 22.4 Å². The monoisotopic (exact) mass is 403 g/mol. The van der Waals surface area contributed by atoms with Crippen LogP contribution in [-0.4, -0.2) is 34.0 Å². The molecule has 1 aliphatic heterocycles. The highest BCUT2D eigenvalue weighted by molar-refractivity contribution is 6.08. The van der Waals surface area contributed by atoms with Gasteiger partial charge >= 0.3 is 5.63 Å². The third-order valence-corrected chi connectivity index (χ3v) is 4.90. The maximum Gasteiger partial charge on any atom is 0.349 e. The van der Waals surface area contributed by atoms with Crippen molar-refractivity contribution in [1.29, 1.82) is 0 Å². The minimum absolute atomic E-state index is 0. The van der Waals surface area contributed by atoms with Crippen LogP contribution in [0, 0.1) is 6.92 Å². The summed E-state index contributed by atoms with van der Waals surface area (Å²) in [6.07, 6.45) is 1.84. The minimum Gasteiger partial charge on any atom is -0.427 e. The molecule has 1 fully saturated rings. The molecule has 8 nitrogen and oxygen atoms in total. The third-order valence-electron chi connectivity index (χ3n) is 4.90. The van der Waals surface area contributed by atoms with Crippen molar-refractivity contribution < 1.29 is 9.21 Å². The molecule has 0 unspecified atom stereocenters. The van der Waals surface area contributed by atoms with E-state index in [1.54, 1.807) is 26.1 Å². The Balaban J connectivity index is 0.00000225. The number of amides is 1. The van der Waals surface area contributed by atoms with Crippen molar-refractivity contribution in [3.63, 3.8) is 0 Å². The number of aromatic nitrogens is 3. The summed E-state index contributed by atoms with van der Waals surface area (Å²) >= 11 is 0. The number of carbonyl (C=O) groups is 1. The molecule has 2 N–H and O–H groups in total. The number of hydrogen-bond acceptors (Lipinski definition) is 6. The lowest BCUT2D eigenvalue weighted by Crippen LogP contribution is -2.28. The fourth-order valence-corrected chi connectivity index (χ4v) is 3.54. The Morgan fingerprint density at radius 1 is 1.29 bits per heavy atom. The number of aryl methyl sites for hydroxylation is 2. The zero-order valence-corrected chi connectivity index (χ0v) is 16.5. The third kappa shape index (κ3) is 3.79. The molecule has 1 aliphatic rings. The molecule has 1 saturated heterocycles. The van der Waals surface area contributed by atoms with Gasteiger partial charge in [0, 0.05) is 13.0 Å². The van der Waals surface area contributed by atoms with E-state index in [2.05, 4.69) is 20.8 Å². The lowest BCUT2D eigenvalue weighted by atomic mass is 9.94. The summed E-state index contributed by atoms with van der Waals surface area (Å²) in [5.41, 5.74) is 1.78. The first kappa shape index (κ1) is 20.0. The van der Waals surface area contributed by atoms with Crippen molar-refractivity contribution in [2.75, 3.05) is 18.4 Å². The molecule has 3 aromatic rings. The molecule has 2 aromatic heterocycles. The van der Waals surface area contributed by atoms with Crippen LogP contribution < -0.4 is 16.3 Å². The van der Waals surface area contributed by atoms with Crippen LogP contribution in [0.1, 0.15) is 40.4 Å². The van der Waals surface area contributed by atoms with Gasteiger partial charge in [0.2, 0.25) is 0 Å². The largest absolute Gasteiger partial charge is 0.427 e. The van der Waals surface area contributed by atoms with E-state index in [1.807, 2.05) is 12.1 Å². The van der Waals surface area contributed by atoms with Crippen LogP contribution in [0.2, 0.25) is 0 Å². The van der Waals surface area contributed by atoms with Crippen LogP contribution in [0.15, 0.2) is 33.5 Å². The van der Waals surface area contributed by atoms with Crippen LogP contribution in [0.4, 0.5) is 5.69 Å². The number of nitrogens with zero attached hydrogens (tertiary/aromatic N) is 3. The fraction of sp³-hybridized carbons (Fsp3) is 0.368. The van der Waals surface area contributed by atoms with Crippen LogP contribution in [0.3, 0.4) is 0 Å². The number of piperidine rings is 1. The topological polar surface area (TPSA) is 102 Å². The number of nitrogens with one attached hydrogen (secondary N) is 2. The molecular formula is C19H22ClN5O3. The number of carbonyl (C=O) groups excluding carboxylic acids is 1. The van der Waals surface area contributed by atoms with E-state index in [0.29, 0.717) is 28.0 Å². The quantitative estimate of drug-likeness (QED) is 0.696. The van der Waals surface area contributed by atoms with Crippen molar-refractivity contribution >= 4 is 35.0 Å². The van der Waals surface area contributed by atoms with E-state index in [9.17, 15) is 9.59 Å². The van der Waals surface area contributed by atoms with Gasteiger partial charge in [-0.2, -0.15) is 15.0 Å². The van der Waals surface area contributed by atoms with E-state index in [-0.39, 0.29) is 23.9 Å². The Hall–Kier alpha value is -2.71. The first-order chi connectivity index (χ1) is 13.0. The Bertz CT molecular complexity index is 1070. The highest BCUT2D eigenvalue weighted by atomic mass is 35.5. The standard InChI is InChI=1S/C19H21N5O3.ClH/c1-11-10-15(12-6-8-20-9-7-12)27-19(26)16(11)18(25)21-13-4-3-5-14-17(13)23-24(2)22-14;/h3-5,10,12,20H,6-9H2,1-2H3,(H,21,25);1H. The van der Waals surface area contributed by atoms with E-state index in [4.69, 9.17) is 4.42 Å². The van der Waals surface area contributed by atoms with Crippen LogP contribution >= 0.6 is 12.4 Å². The number of anilines is 1. The van der Waals surface area contributed by atoms with Gasteiger partial charge in [-0.05, 0) is 56.6 Å². The van der Waals surface area contributed by atoms with Gasteiger partial charge in [-0.15, -0.1) is 12.4 Å². The molecule has 0 saturated carbocycles. The van der Waals surface area contributed by atoms with Crippen LogP contribution in [0.5, 0.6) is 0 Å². The maximum absolute atomic E-state index is 12.8. The smallest absolute Gasteiger partial charge is 0.349 e. The molecule has 0 bridgehead atoms. The summed E-state index contributed by atoms with van der Waals surface area (Å²) in [5, 5.41) is 14.5. The van der Waals surface area contributed by atoms with Crippen molar-refractivity contribution in [2.45, 2.75) is 25.7 Å². The zero-order chi connectivity index (χ0) is 19.0. The predicted molar refractivity (Wildman–Crippen MR) is 108 cm³/mol. The van der Waals surface area contributed by atoms with Gasteiger partial charge in [0.25, 0.3) is 5.91 Å². The summed E-state index contributed by atoms with van der Waals surface area (Å²) in [6.45, 7) is 3.56. The summed E-state index contributed by atoms with van der Waals surface area (Å²) in [7, 11) is 1.71. The number of hydrogen-bond donors (Lipinski definition) is 2. The second kappa shape index (κ2) is 8.12. The second-order valence-corrected chi connectivity index (χ2v) is 6.84. The normalized spacial score (nSPS) is 14.6. The molecule has 0 atom stereocenters. The van der Waals surface area contributed by atoms with Gasteiger partial charge in [-0.1, -0.05) is 6.07 Å². The first-order valence-electron chi connectivity index (χ1n) is 8.99. The summed E-state index contributed by atoms with van der Waals surface area (Å²) < 4.78 is 5.50. The zero-order valence-electron chi connectivity index (χ0n) is 15.7. The van der Waals surface area contributed by atoms with Crippen molar-refractivity contribution in [1.82, 2.24) is 20.3 Å². The van der Waals surface area contributed by atoms with Gasteiger partial charge in [-0.25, -0.2) is 4.79 Å². The molecule has 9 heteroatoms. The molecule has 0 radical (unpaired) electrons. The maximum atomic E-state index is 12.8. The highest BCUT2D eigenvalue weighted by Crippen LogP contribution is 2.26. The lowest BCUT2D eigenvalue weighted by Gasteiger charge is -2.21. The number of fused-ring (bicyclic) bond motifs is 1. The van der Waals surface area contributed by atoms with Gasteiger partial charge in [0.05, 0.1) is 5.69 Å². The average molecular weight is 404 g/mol. The molecule has 4 rings (SSSR count). The van der Waals surface area contributed by atoms with Gasteiger partial charge in [-0.3, -0.25) is 4.79 Å². The molecule has 0 spiro atoms. The SMILES string of the molecule is Cc1cc(C2CCNCC2)oc(=O)c1C(=O)Nc1cccc2nn(C)nc12.Cl. The number of halogens is 1. The van der Waals surface area contributed by atoms with E-state index in [1.165, 1.54) is 4.80 Å². The summed E-state index contributed by atoms with van der Waals surface area (Å²) in [5.74, 6) is 0.367. The van der Waals surface area contributed by atoms with Gasteiger partial charge in [0.15, 0.2) is 0 Å². The second-order valence-electron chi connectivity index (χ2n) is 6.84. The minimum atomic E-state index is -0.604. The Labute approximate surface area is 167 Å². The number of benzene rings is 1. The lowest BCUT2D eigenvalue weighted by molar-refractivity contribution is 0.102. The van der Waals surface area contributed by atoms with Crippen molar-refractivity contribution in [3.05, 3.63) is 51.6 Å². The van der Waals surface area contributed by atoms with E-state index in [0.717, 1.165) is 25.9 Å². The summed E-state index contributed by atoms with van der Waals surface area (Å²) in [6, 6.07) is 7.14. The molecule has 3 heterocycles. The Morgan fingerprint density at radius 2 is 2.04 bits per heavy atom. The molecule has 148 valence electrons. The molecule has 0 aliphatic carbocycles. The Kier molecular flexibility index (Phi) is 5.81. The van der Waals surface area contributed by atoms with Crippen molar-refractivity contribution in [3.8, 4) is 0 Å². The van der Waals surface area contributed by atoms with E-state index < -0.39 is 11.5 Å². The van der Waals surface area contributed by atoms with Crippen molar-refractivity contribution in [2.24, 2.45) is 7.05 Å². The van der Waals surface area contributed by atoms with Gasteiger partial charge < -0.3 is 15.1 Å². The average Bonchev–Trinajstić information content (AvgIpc) is 3.03.